The maximum atomic E-state index is 12.9. The minimum absolute atomic E-state index is 0.260. The van der Waals surface area contributed by atoms with Crippen LogP contribution in [-0.4, -0.2) is 74.2 Å². The molecule has 1 aliphatic heterocycles. The molecule has 164 valence electrons. The maximum absolute atomic E-state index is 12.9. The molecule has 8 heteroatoms. The smallest absolute Gasteiger partial charge is 0.272 e. The Kier molecular flexibility index (Phi) is 6.65. The molecule has 0 radical (unpaired) electrons. The van der Waals surface area contributed by atoms with Gasteiger partial charge in [0, 0.05) is 43.1 Å². The van der Waals surface area contributed by atoms with Gasteiger partial charge in [0.15, 0.2) is 0 Å². The number of carbonyl (C=O) groups is 1. The van der Waals surface area contributed by atoms with Crippen LogP contribution in [0.5, 0.6) is 11.5 Å². The molecule has 0 unspecified atom stereocenters. The van der Waals surface area contributed by atoms with E-state index in [0.717, 1.165) is 43.6 Å². The number of para-hydroxylation sites is 2. The number of methoxy groups -OCH3 is 1. The van der Waals surface area contributed by atoms with E-state index in [-0.39, 0.29) is 5.91 Å². The second-order valence-corrected chi connectivity index (χ2v) is 8.13. The van der Waals surface area contributed by atoms with Crippen LogP contribution in [0.25, 0.3) is 10.9 Å². The van der Waals surface area contributed by atoms with Crippen LogP contribution >= 0.6 is 11.6 Å². The fourth-order valence-electron chi connectivity index (χ4n) is 3.70. The number of hydrogen-bond donors (Lipinski definition) is 2. The number of H-pyrrole nitrogens is 1. The molecule has 2 heterocycles. The molecule has 1 aliphatic rings. The number of hydrogen-bond acceptors (Lipinski definition) is 5. The Morgan fingerprint density at radius 3 is 2.68 bits per heavy atom. The quantitative estimate of drug-likeness (QED) is 0.583. The zero-order chi connectivity index (χ0) is 21.8. The third kappa shape index (κ3) is 5.12. The van der Waals surface area contributed by atoms with E-state index in [0.29, 0.717) is 34.5 Å². The highest BCUT2D eigenvalue weighted by molar-refractivity contribution is 6.31. The molecule has 0 aliphatic carbocycles. The largest absolute Gasteiger partial charge is 0.496 e. The van der Waals surface area contributed by atoms with Gasteiger partial charge < -0.3 is 24.7 Å². The van der Waals surface area contributed by atoms with Gasteiger partial charge in [0.2, 0.25) is 0 Å². The minimum Gasteiger partial charge on any atom is -0.496 e. The number of aromatic amines is 1. The van der Waals surface area contributed by atoms with Gasteiger partial charge in [-0.15, -0.1) is 0 Å². The summed E-state index contributed by atoms with van der Waals surface area (Å²) in [6, 6.07) is 12.7. The zero-order valence-corrected chi connectivity index (χ0v) is 18.5. The average Bonchev–Trinajstić information content (AvgIpc) is 3.20. The van der Waals surface area contributed by atoms with E-state index >= 15 is 0 Å². The highest BCUT2D eigenvalue weighted by Gasteiger charge is 2.16. The monoisotopic (exact) mass is 442 g/mol. The lowest BCUT2D eigenvalue weighted by Gasteiger charge is -2.32. The van der Waals surface area contributed by atoms with Gasteiger partial charge in [0.05, 0.1) is 18.3 Å². The zero-order valence-electron chi connectivity index (χ0n) is 17.8. The predicted octanol–water partition coefficient (Wildman–Crippen LogP) is 3.71. The molecule has 2 N–H and O–H groups in total. The van der Waals surface area contributed by atoms with E-state index in [1.807, 2.05) is 24.3 Å². The van der Waals surface area contributed by atoms with E-state index in [1.54, 1.807) is 25.3 Å². The van der Waals surface area contributed by atoms with Crippen LogP contribution in [0.3, 0.4) is 0 Å². The fraction of sp³-hybridized carbons (Fsp3) is 0.348. The minimum atomic E-state index is -0.260. The van der Waals surface area contributed by atoms with Crippen LogP contribution in [0, 0.1) is 0 Å². The Morgan fingerprint density at radius 2 is 1.90 bits per heavy atom. The third-order valence-electron chi connectivity index (χ3n) is 5.53. The summed E-state index contributed by atoms with van der Waals surface area (Å²) in [5, 5.41) is 4.28. The number of benzene rings is 2. The van der Waals surface area contributed by atoms with Crippen molar-refractivity contribution in [2.24, 2.45) is 0 Å². The molecular weight excluding hydrogens is 416 g/mol. The van der Waals surface area contributed by atoms with Crippen LogP contribution in [0.15, 0.2) is 42.5 Å². The molecule has 3 aromatic rings. The van der Waals surface area contributed by atoms with Crippen molar-refractivity contribution in [2.75, 3.05) is 58.8 Å². The molecule has 1 fully saturated rings. The number of aromatic nitrogens is 1. The number of amides is 1. The van der Waals surface area contributed by atoms with Gasteiger partial charge in [-0.2, -0.15) is 0 Å². The number of rotatable bonds is 7. The Labute approximate surface area is 186 Å². The van der Waals surface area contributed by atoms with Crippen LogP contribution in [0.2, 0.25) is 5.02 Å². The summed E-state index contributed by atoms with van der Waals surface area (Å²) in [6.45, 7) is 5.68. The summed E-state index contributed by atoms with van der Waals surface area (Å²) in [4.78, 5) is 20.7. The third-order valence-corrected chi connectivity index (χ3v) is 5.74. The van der Waals surface area contributed by atoms with E-state index in [1.165, 1.54) is 0 Å². The highest BCUT2D eigenvalue weighted by Crippen LogP contribution is 2.31. The molecule has 1 amide bonds. The lowest BCUT2D eigenvalue weighted by Crippen LogP contribution is -2.45. The molecule has 2 aromatic carbocycles. The predicted molar refractivity (Wildman–Crippen MR) is 124 cm³/mol. The van der Waals surface area contributed by atoms with Gasteiger partial charge in [0.1, 0.15) is 23.8 Å². The number of carbonyl (C=O) groups excluding carboxylic acids is 1. The van der Waals surface area contributed by atoms with Crippen LogP contribution in [-0.2, 0) is 0 Å². The molecule has 4 rings (SSSR count). The summed E-state index contributed by atoms with van der Waals surface area (Å²) in [5.41, 5.74) is 1.79. The van der Waals surface area contributed by atoms with Gasteiger partial charge >= 0.3 is 0 Å². The normalized spacial score (nSPS) is 15.2. The highest BCUT2D eigenvalue weighted by atomic mass is 35.5. The molecular formula is C23H27ClN4O3. The van der Waals surface area contributed by atoms with Gasteiger partial charge in [0.25, 0.3) is 5.91 Å². The van der Waals surface area contributed by atoms with Crippen molar-refractivity contribution in [3.8, 4) is 11.5 Å². The number of fused-ring (bicyclic) bond motifs is 1. The number of halogens is 1. The molecule has 0 atom stereocenters. The lowest BCUT2D eigenvalue weighted by molar-refractivity contribution is 0.102. The van der Waals surface area contributed by atoms with E-state index < -0.39 is 0 Å². The Hall–Kier alpha value is -2.74. The Morgan fingerprint density at radius 1 is 1.13 bits per heavy atom. The maximum Gasteiger partial charge on any atom is 0.272 e. The number of likely N-dealkylation sites (N-methyl/N-ethyl adjacent to an activating group) is 1. The second-order valence-electron chi connectivity index (χ2n) is 7.70. The van der Waals surface area contributed by atoms with Crippen molar-refractivity contribution in [1.82, 2.24) is 14.8 Å². The Balaban J connectivity index is 1.42. The lowest BCUT2D eigenvalue weighted by atomic mass is 10.2. The molecule has 7 nitrogen and oxygen atoms in total. The fourth-order valence-corrected chi connectivity index (χ4v) is 3.91. The van der Waals surface area contributed by atoms with Gasteiger partial charge in [-0.25, -0.2) is 0 Å². The standard InChI is InChI=1S/C23H27ClN4O3/c1-27-7-9-28(10-8-27)11-12-31-21-6-4-3-5-18(21)26-23(29)20-15-17-19(25-20)13-16(24)14-22(17)30-2/h3-6,13-15,25H,7-12H2,1-2H3,(H,26,29). The van der Waals surface area contributed by atoms with Crippen molar-refractivity contribution in [3.63, 3.8) is 0 Å². The topological polar surface area (TPSA) is 69.8 Å². The molecule has 0 spiro atoms. The molecule has 1 saturated heterocycles. The SMILES string of the molecule is COc1cc(Cl)cc2[nH]c(C(=O)Nc3ccccc3OCCN3CCN(C)CC3)cc12. The second kappa shape index (κ2) is 9.60. The summed E-state index contributed by atoms with van der Waals surface area (Å²) in [7, 11) is 3.72. The molecule has 31 heavy (non-hydrogen) atoms. The van der Waals surface area contributed by atoms with E-state index in [2.05, 4.69) is 27.1 Å². The number of anilines is 1. The van der Waals surface area contributed by atoms with Gasteiger partial charge in [-0.1, -0.05) is 23.7 Å². The summed E-state index contributed by atoms with van der Waals surface area (Å²) >= 11 is 6.13. The number of piperazine rings is 1. The average molecular weight is 443 g/mol. The molecule has 0 saturated carbocycles. The van der Waals surface area contributed by atoms with Crippen molar-refractivity contribution in [3.05, 3.63) is 53.2 Å². The number of ether oxygens (including phenoxy) is 2. The Bertz CT molecular complexity index is 1060. The number of nitrogens with one attached hydrogen (secondary N) is 2. The van der Waals surface area contributed by atoms with Gasteiger partial charge in [-0.05, 0) is 37.4 Å². The first-order valence-electron chi connectivity index (χ1n) is 10.3. The first-order valence-corrected chi connectivity index (χ1v) is 10.7. The number of nitrogens with zero attached hydrogens (tertiary/aromatic N) is 2. The summed E-state index contributed by atoms with van der Waals surface area (Å²) < 4.78 is 11.4. The van der Waals surface area contributed by atoms with Crippen LogP contribution in [0.1, 0.15) is 10.5 Å². The summed E-state index contributed by atoms with van der Waals surface area (Å²) in [5.74, 6) is 1.01. The van der Waals surface area contributed by atoms with E-state index in [4.69, 9.17) is 21.1 Å². The van der Waals surface area contributed by atoms with E-state index in [9.17, 15) is 4.79 Å². The van der Waals surface area contributed by atoms with Crippen LogP contribution in [0.4, 0.5) is 5.69 Å². The van der Waals surface area contributed by atoms with Crippen molar-refractivity contribution in [2.45, 2.75) is 0 Å². The molecule has 0 bridgehead atoms. The van der Waals surface area contributed by atoms with Gasteiger partial charge in [-0.3, -0.25) is 9.69 Å². The van der Waals surface area contributed by atoms with Crippen LogP contribution < -0.4 is 14.8 Å². The first-order chi connectivity index (χ1) is 15.0. The molecule has 1 aromatic heterocycles. The summed E-state index contributed by atoms with van der Waals surface area (Å²) in [6.07, 6.45) is 0. The van der Waals surface area contributed by atoms with Crippen molar-refractivity contribution in [1.29, 1.82) is 0 Å². The van der Waals surface area contributed by atoms with Crippen molar-refractivity contribution < 1.29 is 14.3 Å². The van der Waals surface area contributed by atoms with Crippen molar-refractivity contribution >= 4 is 34.1 Å². The first kappa shape index (κ1) is 21.5.